The maximum absolute atomic E-state index is 11.0. The first-order valence-corrected chi connectivity index (χ1v) is 6.77. The summed E-state index contributed by atoms with van der Waals surface area (Å²) < 4.78 is 61.3. The zero-order chi connectivity index (χ0) is 12.7. The van der Waals surface area contributed by atoms with Crippen LogP contribution in [0.3, 0.4) is 0 Å². The van der Waals surface area contributed by atoms with Crippen LogP contribution in [0.4, 0.5) is 5.69 Å². The second kappa shape index (κ2) is 3.70. The molecule has 4 N–H and O–H groups in total. The highest BCUT2D eigenvalue weighted by Gasteiger charge is 2.23. The van der Waals surface area contributed by atoms with Crippen molar-refractivity contribution in [2.45, 2.75) is 16.7 Å². The molecule has 7 nitrogen and oxygen atoms in total. The fourth-order valence-corrected chi connectivity index (χ4v) is 2.97. The molecule has 1 aromatic rings. The van der Waals surface area contributed by atoms with Gasteiger partial charge >= 0.3 is 0 Å². The van der Waals surface area contributed by atoms with E-state index >= 15 is 0 Å². The Hall–Kier alpha value is -1.16. The summed E-state index contributed by atoms with van der Waals surface area (Å²) in [4.78, 5) is -1.34. The van der Waals surface area contributed by atoms with Crippen molar-refractivity contribution in [2.24, 2.45) is 0 Å². The van der Waals surface area contributed by atoms with Gasteiger partial charge in [0.15, 0.2) is 0 Å². The third kappa shape index (κ3) is 2.32. The molecule has 0 amide bonds. The normalized spacial score (nSPS) is 12.7. The van der Waals surface area contributed by atoms with Gasteiger partial charge in [0.05, 0.1) is 10.6 Å². The van der Waals surface area contributed by atoms with Gasteiger partial charge in [-0.1, -0.05) is 0 Å². The summed E-state index contributed by atoms with van der Waals surface area (Å²) in [6, 6.07) is 1.92. The van der Waals surface area contributed by atoms with Crippen molar-refractivity contribution in [1.82, 2.24) is 0 Å². The summed E-state index contributed by atoms with van der Waals surface area (Å²) in [6.07, 6.45) is 0. The summed E-state index contributed by atoms with van der Waals surface area (Å²) in [5, 5.41) is 0. The summed E-state index contributed by atoms with van der Waals surface area (Å²) in [6.45, 7) is 1.11. The van der Waals surface area contributed by atoms with E-state index in [1.54, 1.807) is 0 Å². The molecular formula is C7H9NO6S2. The van der Waals surface area contributed by atoms with Crippen molar-refractivity contribution in [3.05, 3.63) is 17.7 Å². The molecule has 0 bridgehead atoms. The van der Waals surface area contributed by atoms with Crippen LogP contribution in [0.25, 0.3) is 0 Å². The predicted molar refractivity (Wildman–Crippen MR) is 55.2 cm³/mol. The van der Waals surface area contributed by atoms with Crippen LogP contribution in [0.2, 0.25) is 0 Å². The summed E-state index contributed by atoms with van der Waals surface area (Å²) in [5.74, 6) is 0. The van der Waals surface area contributed by atoms with E-state index in [0.717, 1.165) is 19.1 Å². The molecule has 0 spiro atoms. The molecule has 16 heavy (non-hydrogen) atoms. The van der Waals surface area contributed by atoms with E-state index in [-0.39, 0.29) is 11.3 Å². The number of nitrogen functional groups attached to an aromatic ring is 1. The summed E-state index contributed by atoms with van der Waals surface area (Å²) in [7, 11) is -9.21. The van der Waals surface area contributed by atoms with Crippen LogP contribution in [0.1, 0.15) is 5.56 Å². The van der Waals surface area contributed by atoms with Crippen LogP contribution < -0.4 is 5.73 Å². The highest BCUT2D eigenvalue weighted by atomic mass is 32.2. The lowest BCUT2D eigenvalue weighted by molar-refractivity contribution is 0.480. The van der Waals surface area contributed by atoms with Gasteiger partial charge in [0.2, 0.25) is 0 Å². The molecule has 0 saturated heterocycles. The second-order valence-corrected chi connectivity index (χ2v) is 5.81. The predicted octanol–water partition coefficient (Wildman–Crippen LogP) is 0.0706. The zero-order valence-corrected chi connectivity index (χ0v) is 9.71. The monoisotopic (exact) mass is 267 g/mol. The van der Waals surface area contributed by atoms with Crippen molar-refractivity contribution in [3.63, 3.8) is 0 Å². The van der Waals surface area contributed by atoms with E-state index in [1.165, 1.54) is 0 Å². The molecule has 0 saturated carbocycles. The molecule has 9 heteroatoms. The molecule has 1 aromatic carbocycles. The SMILES string of the molecule is Cc1c(S(=O)(=O)O)ccc(N)c1S(=O)(=O)O. The smallest absolute Gasteiger partial charge is 0.296 e. The van der Waals surface area contributed by atoms with Gasteiger partial charge in [-0.2, -0.15) is 16.8 Å². The zero-order valence-electron chi connectivity index (χ0n) is 8.08. The molecule has 0 heterocycles. The molecule has 0 aliphatic heterocycles. The van der Waals surface area contributed by atoms with Gasteiger partial charge in [-0.15, -0.1) is 0 Å². The van der Waals surface area contributed by atoms with E-state index < -0.39 is 30.0 Å². The molecule has 0 aliphatic carbocycles. The van der Waals surface area contributed by atoms with Gasteiger partial charge in [-0.25, -0.2) is 0 Å². The van der Waals surface area contributed by atoms with Gasteiger partial charge in [-0.05, 0) is 24.6 Å². The average molecular weight is 267 g/mol. The first-order valence-electron chi connectivity index (χ1n) is 3.89. The average Bonchev–Trinajstić information content (AvgIpc) is 1.97. The minimum atomic E-state index is -4.65. The van der Waals surface area contributed by atoms with E-state index in [0.29, 0.717) is 0 Å². The lowest BCUT2D eigenvalue weighted by atomic mass is 10.2. The fourth-order valence-electron chi connectivity index (χ4n) is 1.32. The third-order valence-electron chi connectivity index (χ3n) is 1.92. The number of rotatable bonds is 2. The molecule has 0 radical (unpaired) electrons. The largest absolute Gasteiger partial charge is 0.398 e. The Morgan fingerprint density at radius 2 is 1.56 bits per heavy atom. The number of benzene rings is 1. The maximum atomic E-state index is 11.0. The molecule has 0 fully saturated rings. The molecule has 0 aliphatic rings. The fraction of sp³-hybridized carbons (Fsp3) is 0.143. The third-order valence-corrected chi connectivity index (χ3v) is 3.98. The Bertz CT molecular complexity index is 631. The highest BCUT2D eigenvalue weighted by molar-refractivity contribution is 7.86. The van der Waals surface area contributed by atoms with Crippen molar-refractivity contribution in [3.8, 4) is 0 Å². The van der Waals surface area contributed by atoms with E-state index in [1.807, 2.05) is 0 Å². The molecule has 0 atom stereocenters. The lowest BCUT2D eigenvalue weighted by Crippen LogP contribution is -2.10. The van der Waals surface area contributed by atoms with E-state index in [4.69, 9.17) is 14.8 Å². The number of hydrogen-bond donors (Lipinski definition) is 3. The Balaban J connectivity index is 3.79. The van der Waals surface area contributed by atoms with E-state index in [9.17, 15) is 16.8 Å². The first kappa shape index (κ1) is 12.9. The highest BCUT2D eigenvalue weighted by Crippen LogP contribution is 2.27. The van der Waals surface area contributed by atoms with Gasteiger partial charge < -0.3 is 5.73 Å². The molecule has 90 valence electrons. The van der Waals surface area contributed by atoms with Gasteiger partial charge in [0.25, 0.3) is 20.2 Å². The quantitative estimate of drug-likeness (QED) is 0.509. The standard InChI is InChI=1S/C7H9NO6S2/c1-4-6(15(9,10)11)3-2-5(8)7(4)16(12,13)14/h2-3H,8H2,1H3,(H,9,10,11)(H,12,13,14). The van der Waals surface area contributed by atoms with E-state index in [2.05, 4.69) is 0 Å². The minimum absolute atomic E-state index is 0.299. The molecule has 1 rings (SSSR count). The number of hydrogen-bond acceptors (Lipinski definition) is 5. The van der Waals surface area contributed by atoms with Gasteiger partial charge in [0, 0.05) is 0 Å². The van der Waals surface area contributed by atoms with Crippen LogP contribution in [-0.4, -0.2) is 25.9 Å². The van der Waals surface area contributed by atoms with Crippen LogP contribution in [0.15, 0.2) is 21.9 Å². The van der Waals surface area contributed by atoms with Crippen molar-refractivity contribution >= 4 is 25.9 Å². The van der Waals surface area contributed by atoms with Crippen LogP contribution in [0.5, 0.6) is 0 Å². The second-order valence-electron chi connectivity index (χ2n) is 3.06. The van der Waals surface area contributed by atoms with Crippen molar-refractivity contribution in [1.29, 1.82) is 0 Å². The minimum Gasteiger partial charge on any atom is -0.398 e. The van der Waals surface area contributed by atoms with Crippen LogP contribution in [-0.2, 0) is 20.2 Å². The van der Waals surface area contributed by atoms with Gasteiger partial charge in [-0.3, -0.25) is 9.11 Å². The Morgan fingerprint density at radius 3 is 1.94 bits per heavy atom. The Labute approximate surface area is 92.4 Å². The van der Waals surface area contributed by atoms with Crippen LogP contribution >= 0.6 is 0 Å². The number of nitrogens with two attached hydrogens (primary N) is 1. The molecular weight excluding hydrogens is 258 g/mol. The first-order chi connectivity index (χ1) is 7.05. The Morgan fingerprint density at radius 1 is 1.06 bits per heavy atom. The lowest BCUT2D eigenvalue weighted by Gasteiger charge is -2.09. The maximum Gasteiger partial charge on any atom is 0.296 e. The van der Waals surface area contributed by atoms with Crippen molar-refractivity contribution in [2.75, 3.05) is 5.73 Å². The van der Waals surface area contributed by atoms with Gasteiger partial charge in [0.1, 0.15) is 4.90 Å². The number of anilines is 1. The topological polar surface area (TPSA) is 135 Å². The van der Waals surface area contributed by atoms with Crippen molar-refractivity contribution < 1.29 is 25.9 Å². The molecule has 0 unspecified atom stereocenters. The summed E-state index contributed by atoms with van der Waals surface area (Å²) >= 11 is 0. The molecule has 0 aromatic heterocycles. The van der Waals surface area contributed by atoms with Crippen LogP contribution in [0, 0.1) is 6.92 Å². The summed E-state index contributed by atoms with van der Waals surface area (Å²) in [5.41, 5.74) is 4.68. The Kier molecular flexibility index (Phi) is 2.98.